The number of urea groups is 1. The van der Waals surface area contributed by atoms with Gasteiger partial charge in [-0.2, -0.15) is 13.2 Å². The molecule has 0 bridgehead atoms. The van der Waals surface area contributed by atoms with Crippen LogP contribution in [0.25, 0.3) is 0 Å². The summed E-state index contributed by atoms with van der Waals surface area (Å²) in [6.07, 6.45) is -4.32. The van der Waals surface area contributed by atoms with Crippen molar-refractivity contribution in [2.75, 3.05) is 51.3 Å². The molecule has 236 valence electrons. The molecule has 1 saturated heterocycles. The zero-order valence-electron chi connectivity index (χ0n) is 25.4. The van der Waals surface area contributed by atoms with Crippen LogP contribution in [0.5, 0.6) is 5.75 Å². The summed E-state index contributed by atoms with van der Waals surface area (Å²) in [4.78, 5) is 48.2. The van der Waals surface area contributed by atoms with Gasteiger partial charge in [0, 0.05) is 32.7 Å². The number of benzene rings is 2. The Balaban J connectivity index is 1.43. The number of piperazine rings is 1. The van der Waals surface area contributed by atoms with Crippen LogP contribution in [0.2, 0.25) is 0 Å². The number of likely N-dealkylation sites (N-methyl/N-ethyl adjacent to an activating group) is 1. The van der Waals surface area contributed by atoms with E-state index in [1.807, 2.05) is 38.1 Å². The van der Waals surface area contributed by atoms with E-state index in [1.165, 1.54) is 28.0 Å². The lowest BCUT2D eigenvalue weighted by atomic mass is 9.91. The maximum Gasteiger partial charge on any atom is 0.416 e. The molecule has 9 nitrogen and oxygen atoms in total. The number of amides is 4. The molecule has 1 N–H and O–H groups in total. The first-order valence-electron chi connectivity index (χ1n) is 14.9. The first-order valence-corrected chi connectivity index (χ1v) is 14.9. The van der Waals surface area contributed by atoms with Crippen LogP contribution in [0.15, 0.2) is 59.8 Å². The average molecular weight is 614 g/mol. The highest BCUT2D eigenvalue weighted by atomic mass is 19.4. The van der Waals surface area contributed by atoms with E-state index in [0.29, 0.717) is 38.3 Å². The monoisotopic (exact) mass is 613 g/mol. The number of alkyl halides is 3. The van der Waals surface area contributed by atoms with E-state index in [0.717, 1.165) is 17.5 Å². The Hall–Kier alpha value is -4.22. The molecule has 0 aliphatic carbocycles. The van der Waals surface area contributed by atoms with E-state index in [2.05, 4.69) is 10.2 Å². The third-order valence-corrected chi connectivity index (χ3v) is 8.52. The minimum absolute atomic E-state index is 0.0373. The Morgan fingerprint density at radius 2 is 1.68 bits per heavy atom. The number of anilines is 1. The van der Waals surface area contributed by atoms with Gasteiger partial charge in [0.2, 0.25) is 5.91 Å². The SMILES string of the molecule is CCN1C(=O)N[C@@H](c2ccccc2C(F)(F)F)C2=C1CN([C@@H](CC(C)C)C(=O)N1CCN(c3ccccc3OC)CC1)C2=O. The van der Waals surface area contributed by atoms with E-state index in [4.69, 9.17) is 4.74 Å². The first-order chi connectivity index (χ1) is 21.0. The van der Waals surface area contributed by atoms with Crippen LogP contribution in [0.3, 0.4) is 0 Å². The number of hydrogen-bond donors (Lipinski definition) is 1. The maximum absolute atomic E-state index is 14.2. The smallest absolute Gasteiger partial charge is 0.416 e. The summed E-state index contributed by atoms with van der Waals surface area (Å²) >= 11 is 0. The molecular formula is C32H38F3N5O4. The van der Waals surface area contributed by atoms with Gasteiger partial charge in [-0.05, 0) is 43.0 Å². The highest BCUT2D eigenvalue weighted by molar-refractivity contribution is 6.03. The van der Waals surface area contributed by atoms with Gasteiger partial charge < -0.3 is 24.8 Å². The first kappa shape index (κ1) is 31.2. The van der Waals surface area contributed by atoms with Crippen LogP contribution < -0.4 is 15.0 Å². The van der Waals surface area contributed by atoms with Crippen molar-refractivity contribution in [1.82, 2.24) is 20.0 Å². The van der Waals surface area contributed by atoms with Crippen molar-refractivity contribution in [3.8, 4) is 5.75 Å². The fraction of sp³-hybridized carbons (Fsp3) is 0.469. The van der Waals surface area contributed by atoms with E-state index >= 15 is 0 Å². The summed E-state index contributed by atoms with van der Waals surface area (Å²) in [6.45, 7) is 7.84. The molecule has 12 heteroatoms. The predicted molar refractivity (Wildman–Crippen MR) is 159 cm³/mol. The fourth-order valence-corrected chi connectivity index (χ4v) is 6.42. The predicted octanol–water partition coefficient (Wildman–Crippen LogP) is 4.66. The van der Waals surface area contributed by atoms with Gasteiger partial charge in [-0.15, -0.1) is 0 Å². The van der Waals surface area contributed by atoms with Crippen molar-refractivity contribution in [1.29, 1.82) is 0 Å². The number of carbonyl (C=O) groups is 3. The molecule has 3 aliphatic rings. The quantitative estimate of drug-likeness (QED) is 0.468. The molecule has 3 aliphatic heterocycles. The third kappa shape index (κ3) is 5.81. The van der Waals surface area contributed by atoms with Crippen LogP contribution >= 0.6 is 0 Å². The van der Waals surface area contributed by atoms with Crippen molar-refractivity contribution in [3.05, 3.63) is 70.9 Å². The van der Waals surface area contributed by atoms with Crippen molar-refractivity contribution in [2.45, 2.75) is 45.5 Å². The largest absolute Gasteiger partial charge is 0.495 e. The van der Waals surface area contributed by atoms with Crippen LogP contribution in [0, 0.1) is 5.92 Å². The molecule has 2 aromatic carbocycles. The van der Waals surface area contributed by atoms with Crippen molar-refractivity contribution in [2.24, 2.45) is 5.92 Å². The molecule has 0 saturated carbocycles. The Morgan fingerprint density at radius 1 is 1.02 bits per heavy atom. The van der Waals surface area contributed by atoms with Gasteiger partial charge in [0.15, 0.2) is 0 Å². The third-order valence-electron chi connectivity index (χ3n) is 8.52. The summed E-state index contributed by atoms with van der Waals surface area (Å²) < 4.78 is 47.6. The zero-order valence-corrected chi connectivity index (χ0v) is 25.4. The average Bonchev–Trinajstić information content (AvgIpc) is 3.35. The van der Waals surface area contributed by atoms with Gasteiger partial charge in [-0.1, -0.05) is 44.2 Å². The maximum atomic E-state index is 14.2. The second kappa shape index (κ2) is 12.4. The molecule has 0 radical (unpaired) electrons. The number of para-hydroxylation sites is 2. The highest BCUT2D eigenvalue weighted by Gasteiger charge is 2.49. The zero-order chi connectivity index (χ0) is 31.8. The number of nitrogens with zero attached hydrogens (tertiary/aromatic N) is 4. The lowest BCUT2D eigenvalue weighted by molar-refractivity contribution is -0.144. The van der Waals surface area contributed by atoms with Gasteiger partial charge in [-0.25, -0.2) is 4.79 Å². The van der Waals surface area contributed by atoms with Crippen molar-refractivity contribution < 1.29 is 32.3 Å². The molecule has 1 fully saturated rings. The van der Waals surface area contributed by atoms with Crippen molar-refractivity contribution >= 4 is 23.5 Å². The van der Waals surface area contributed by atoms with Crippen LogP contribution in [0.4, 0.5) is 23.7 Å². The molecule has 0 aromatic heterocycles. The lowest BCUT2D eigenvalue weighted by Gasteiger charge is -2.40. The fourth-order valence-electron chi connectivity index (χ4n) is 6.42. The van der Waals surface area contributed by atoms with Gasteiger partial charge in [0.25, 0.3) is 5.91 Å². The molecule has 3 heterocycles. The molecular weight excluding hydrogens is 575 g/mol. The minimum atomic E-state index is -4.69. The topological polar surface area (TPSA) is 85.4 Å². The lowest BCUT2D eigenvalue weighted by Crippen LogP contribution is -2.56. The molecule has 2 atom stereocenters. The molecule has 0 unspecified atom stereocenters. The van der Waals surface area contributed by atoms with E-state index < -0.39 is 35.8 Å². The van der Waals surface area contributed by atoms with Gasteiger partial charge in [0.05, 0.1) is 42.2 Å². The number of ether oxygens (including phenoxy) is 1. The van der Waals surface area contributed by atoms with Crippen LogP contribution in [0.1, 0.15) is 44.4 Å². The van der Waals surface area contributed by atoms with E-state index in [-0.39, 0.29) is 36.1 Å². The van der Waals surface area contributed by atoms with Gasteiger partial charge >= 0.3 is 12.2 Å². The van der Waals surface area contributed by atoms with Gasteiger partial charge in [-0.3, -0.25) is 14.5 Å². The Kier molecular flexibility index (Phi) is 8.80. The van der Waals surface area contributed by atoms with E-state index in [1.54, 1.807) is 18.9 Å². The summed E-state index contributed by atoms with van der Waals surface area (Å²) in [5.41, 5.74) is 0.230. The normalized spacial score (nSPS) is 19.9. The standard InChI is InChI=1S/C32H38F3N5O4/c1-5-39-25-19-40(30(42)27(25)28(36-31(39)43)21-10-6-7-11-22(21)32(33,34)35)24(18-20(2)3)29(41)38-16-14-37(15-17-38)23-12-8-9-13-26(23)44-4/h6-13,20,24,28H,5,14-19H2,1-4H3,(H,36,43)/t24-,28-/m0/s1. The Labute approximate surface area is 255 Å². The van der Waals surface area contributed by atoms with Crippen LogP contribution in [-0.4, -0.2) is 85.0 Å². The molecule has 2 aromatic rings. The molecule has 0 spiro atoms. The minimum Gasteiger partial charge on any atom is -0.495 e. The number of halogens is 3. The second-order valence-corrected chi connectivity index (χ2v) is 11.6. The van der Waals surface area contributed by atoms with Crippen molar-refractivity contribution in [3.63, 3.8) is 0 Å². The molecule has 4 amide bonds. The highest BCUT2D eigenvalue weighted by Crippen LogP contribution is 2.42. The second-order valence-electron chi connectivity index (χ2n) is 11.6. The summed E-state index contributed by atoms with van der Waals surface area (Å²) in [5, 5.41) is 2.64. The van der Waals surface area contributed by atoms with E-state index in [9.17, 15) is 27.6 Å². The Bertz CT molecular complexity index is 1450. The number of methoxy groups -OCH3 is 1. The summed E-state index contributed by atoms with van der Waals surface area (Å²) in [6, 6.07) is 9.94. The number of rotatable bonds is 8. The van der Waals surface area contributed by atoms with Crippen LogP contribution in [-0.2, 0) is 15.8 Å². The molecule has 44 heavy (non-hydrogen) atoms. The number of nitrogens with one attached hydrogen (secondary N) is 1. The molecule has 5 rings (SSSR count). The Morgan fingerprint density at radius 3 is 2.32 bits per heavy atom. The van der Waals surface area contributed by atoms with Gasteiger partial charge in [0.1, 0.15) is 11.8 Å². The number of carbonyl (C=O) groups excluding carboxylic acids is 3. The summed E-state index contributed by atoms with van der Waals surface area (Å²) in [7, 11) is 1.62. The number of hydrogen-bond acceptors (Lipinski definition) is 5. The summed E-state index contributed by atoms with van der Waals surface area (Å²) in [5.74, 6) is 0.0517.